The zero-order valence-electron chi connectivity index (χ0n) is 15.4. The third-order valence-electron chi connectivity index (χ3n) is 3.70. The Balaban J connectivity index is 2.81. The third kappa shape index (κ3) is 6.17. The number of hydrogen-bond donors (Lipinski definition) is 1. The predicted octanol–water partition coefficient (Wildman–Crippen LogP) is 3.35. The molecule has 1 aromatic carbocycles. The van der Waals surface area contributed by atoms with Gasteiger partial charge in [-0.25, -0.2) is 4.79 Å². The van der Waals surface area contributed by atoms with Gasteiger partial charge in [0.05, 0.1) is 10.5 Å². The fraction of sp³-hybridized carbons (Fsp3) is 0.556. The Morgan fingerprint density at radius 3 is 2.48 bits per heavy atom. The minimum atomic E-state index is -0.762. The minimum Gasteiger partial charge on any atom is -0.452 e. The van der Waals surface area contributed by atoms with Crippen LogP contribution >= 0.6 is 0 Å². The maximum Gasteiger partial charge on any atom is 0.338 e. The molecule has 0 saturated carbocycles. The Morgan fingerprint density at radius 2 is 1.96 bits per heavy atom. The van der Waals surface area contributed by atoms with Gasteiger partial charge in [-0.2, -0.15) is 0 Å². The van der Waals surface area contributed by atoms with Gasteiger partial charge in [0, 0.05) is 17.7 Å². The first-order chi connectivity index (χ1) is 11.6. The van der Waals surface area contributed by atoms with E-state index >= 15 is 0 Å². The number of ether oxygens (including phenoxy) is 1. The highest BCUT2D eigenvalue weighted by atomic mass is 16.6. The molecule has 138 valence electrons. The Bertz CT molecular complexity index is 649. The maximum absolute atomic E-state index is 12.1. The molecular weight excluding hydrogens is 324 g/mol. The zero-order valence-corrected chi connectivity index (χ0v) is 15.4. The van der Waals surface area contributed by atoms with Gasteiger partial charge >= 0.3 is 5.97 Å². The SMILES string of the molecule is CCCC(C)NC(=O)COC(=O)c1ccc(C(C)(C)C)c([N+](=O)[O-])c1. The summed E-state index contributed by atoms with van der Waals surface area (Å²) in [6.45, 7) is 9.04. The standard InChI is InChI=1S/C18H26N2O5/c1-6-7-12(2)19-16(21)11-25-17(22)13-8-9-14(18(3,4)5)15(10-13)20(23)24/h8-10,12H,6-7,11H2,1-5H3,(H,19,21). The van der Waals surface area contributed by atoms with Crippen molar-refractivity contribution in [3.63, 3.8) is 0 Å². The van der Waals surface area contributed by atoms with Crippen LogP contribution in [-0.2, 0) is 14.9 Å². The molecule has 0 radical (unpaired) electrons. The van der Waals surface area contributed by atoms with Gasteiger partial charge < -0.3 is 10.1 Å². The summed E-state index contributed by atoms with van der Waals surface area (Å²) in [4.78, 5) is 34.6. The number of rotatable bonds is 7. The van der Waals surface area contributed by atoms with Crippen LogP contribution in [0.1, 0.15) is 63.4 Å². The van der Waals surface area contributed by atoms with Crippen molar-refractivity contribution in [3.05, 3.63) is 39.4 Å². The van der Waals surface area contributed by atoms with Gasteiger partial charge in [-0.05, 0) is 24.8 Å². The summed E-state index contributed by atoms with van der Waals surface area (Å²) in [7, 11) is 0. The second-order valence-electron chi connectivity index (χ2n) is 7.07. The Labute approximate surface area is 147 Å². The molecule has 7 heteroatoms. The first kappa shape index (κ1) is 20.6. The first-order valence-corrected chi connectivity index (χ1v) is 8.31. The molecule has 1 N–H and O–H groups in total. The zero-order chi connectivity index (χ0) is 19.2. The molecule has 0 bridgehead atoms. The van der Waals surface area contributed by atoms with Crippen molar-refractivity contribution in [1.82, 2.24) is 5.32 Å². The molecule has 0 aromatic heterocycles. The smallest absolute Gasteiger partial charge is 0.338 e. The third-order valence-corrected chi connectivity index (χ3v) is 3.70. The lowest BCUT2D eigenvalue weighted by Gasteiger charge is -2.19. The van der Waals surface area contributed by atoms with E-state index in [9.17, 15) is 19.7 Å². The number of nitro groups is 1. The highest BCUT2D eigenvalue weighted by Crippen LogP contribution is 2.31. The van der Waals surface area contributed by atoms with Crippen LogP contribution in [0.25, 0.3) is 0 Å². The van der Waals surface area contributed by atoms with E-state index in [0.717, 1.165) is 12.8 Å². The lowest BCUT2D eigenvalue weighted by Crippen LogP contribution is -2.35. The number of carbonyl (C=O) groups excluding carboxylic acids is 2. The fourth-order valence-electron chi connectivity index (χ4n) is 2.48. The van der Waals surface area contributed by atoms with E-state index in [0.29, 0.717) is 5.56 Å². The van der Waals surface area contributed by atoms with Crippen molar-refractivity contribution < 1.29 is 19.2 Å². The van der Waals surface area contributed by atoms with Crippen LogP contribution in [0.2, 0.25) is 0 Å². The fourth-order valence-corrected chi connectivity index (χ4v) is 2.48. The number of nitro benzene ring substituents is 1. The molecule has 1 atom stereocenters. The van der Waals surface area contributed by atoms with E-state index in [4.69, 9.17) is 4.74 Å². The van der Waals surface area contributed by atoms with Gasteiger partial charge in [0.1, 0.15) is 0 Å². The van der Waals surface area contributed by atoms with Gasteiger partial charge in [0.2, 0.25) is 0 Å². The summed E-state index contributed by atoms with van der Waals surface area (Å²) in [5.41, 5.74) is 0.0115. The van der Waals surface area contributed by atoms with Crippen molar-refractivity contribution in [2.75, 3.05) is 6.61 Å². The molecule has 0 heterocycles. The van der Waals surface area contributed by atoms with Gasteiger partial charge in [0.15, 0.2) is 6.61 Å². The van der Waals surface area contributed by atoms with Crippen molar-refractivity contribution in [1.29, 1.82) is 0 Å². The second-order valence-corrected chi connectivity index (χ2v) is 7.07. The Hall–Kier alpha value is -2.44. The van der Waals surface area contributed by atoms with Crippen LogP contribution in [0.4, 0.5) is 5.69 Å². The summed E-state index contributed by atoms with van der Waals surface area (Å²) in [5, 5.41) is 14.0. The summed E-state index contributed by atoms with van der Waals surface area (Å²) in [6, 6.07) is 4.23. The van der Waals surface area contributed by atoms with Gasteiger partial charge in [-0.15, -0.1) is 0 Å². The number of nitrogens with one attached hydrogen (secondary N) is 1. The number of carbonyl (C=O) groups is 2. The van der Waals surface area contributed by atoms with E-state index in [-0.39, 0.29) is 17.3 Å². The topological polar surface area (TPSA) is 98.5 Å². The molecule has 25 heavy (non-hydrogen) atoms. The number of benzene rings is 1. The monoisotopic (exact) mass is 350 g/mol. The van der Waals surface area contributed by atoms with E-state index in [2.05, 4.69) is 5.32 Å². The van der Waals surface area contributed by atoms with E-state index < -0.39 is 28.8 Å². The largest absolute Gasteiger partial charge is 0.452 e. The molecule has 0 aliphatic heterocycles. The normalized spacial score (nSPS) is 12.4. The van der Waals surface area contributed by atoms with Crippen LogP contribution in [-0.4, -0.2) is 29.4 Å². The number of esters is 1. The van der Waals surface area contributed by atoms with Crippen LogP contribution < -0.4 is 5.32 Å². The summed E-state index contributed by atoms with van der Waals surface area (Å²) in [6.07, 6.45) is 1.77. The minimum absolute atomic E-state index is 0.00311. The summed E-state index contributed by atoms with van der Waals surface area (Å²) in [5.74, 6) is -1.16. The second kappa shape index (κ2) is 8.60. The number of hydrogen-bond acceptors (Lipinski definition) is 5. The lowest BCUT2D eigenvalue weighted by atomic mass is 9.85. The highest BCUT2D eigenvalue weighted by molar-refractivity contribution is 5.92. The van der Waals surface area contributed by atoms with Crippen LogP contribution in [0, 0.1) is 10.1 Å². The van der Waals surface area contributed by atoms with Crippen LogP contribution in [0.3, 0.4) is 0 Å². The predicted molar refractivity (Wildman–Crippen MR) is 94.6 cm³/mol. The van der Waals surface area contributed by atoms with Crippen molar-refractivity contribution in [2.45, 2.75) is 58.9 Å². The average Bonchev–Trinajstić information content (AvgIpc) is 2.51. The molecule has 1 rings (SSSR count). The maximum atomic E-state index is 12.1. The van der Waals surface area contributed by atoms with Crippen molar-refractivity contribution in [2.24, 2.45) is 0 Å². The Kier molecular flexibility index (Phi) is 7.09. The van der Waals surface area contributed by atoms with Gasteiger partial charge in [-0.3, -0.25) is 14.9 Å². The molecule has 0 saturated heterocycles. The van der Waals surface area contributed by atoms with Crippen molar-refractivity contribution in [3.8, 4) is 0 Å². The summed E-state index contributed by atoms with van der Waals surface area (Å²) >= 11 is 0. The van der Waals surface area contributed by atoms with Crippen LogP contribution in [0.15, 0.2) is 18.2 Å². The van der Waals surface area contributed by atoms with E-state index in [1.807, 2.05) is 34.6 Å². The molecule has 0 aliphatic rings. The molecule has 0 fully saturated rings. The molecule has 1 unspecified atom stereocenters. The first-order valence-electron chi connectivity index (χ1n) is 8.31. The lowest BCUT2D eigenvalue weighted by molar-refractivity contribution is -0.386. The molecule has 1 aromatic rings. The number of nitrogens with zero attached hydrogens (tertiary/aromatic N) is 1. The van der Waals surface area contributed by atoms with Crippen LogP contribution in [0.5, 0.6) is 0 Å². The van der Waals surface area contributed by atoms with Gasteiger partial charge in [0.25, 0.3) is 11.6 Å². The van der Waals surface area contributed by atoms with Crippen molar-refractivity contribution >= 4 is 17.6 Å². The van der Waals surface area contributed by atoms with Gasteiger partial charge in [-0.1, -0.05) is 40.2 Å². The highest BCUT2D eigenvalue weighted by Gasteiger charge is 2.26. The molecule has 0 spiro atoms. The van der Waals surface area contributed by atoms with E-state index in [1.165, 1.54) is 12.1 Å². The molecule has 1 amide bonds. The molecule has 0 aliphatic carbocycles. The molecule has 7 nitrogen and oxygen atoms in total. The summed E-state index contributed by atoms with van der Waals surface area (Å²) < 4.78 is 4.96. The Morgan fingerprint density at radius 1 is 1.32 bits per heavy atom. The van der Waals surface area contributed by atoms with E-state index in [1.54, 1.807) is 6.07 Å². The molecular formula is C18H26N2O5. The quantitative estimate of drug-likeness (QED) is 0.462. The number of amides is 1. The average molecular weight is 350 g/mol.